The van der Waals surface area contributed by atoms with E-state index in [0.29, 0.717) is 17.4 Å². The van der Waals surface area contributed by atoms with Crippen LogP contribution in [0.1, 0.15) is 41.9 Å². The number of aldehydes is 1. The molecule has 0 amide bonds. The van der Waals surface area contributed by atoms with E-state index in [1.807, 2.05) is 43.4 Å². The summed E-state index contributed by atoms with van der Waals surface area (Å²) in [5.41, 5.74) is 4.66. The Morgan fingerprint density at radius 1 is 1.21 bits per heavy atom. The molecule has 0 spiro atoms. The van der Waals surface area contributed by atoms with Gasteiger partial charge in [-0.25, -0.2) is 0 Å². The number of carbonyl (C=O) groups is 1. The molecule has 3 rings (SSSR count). The second-order valence-electron chi connectivity index (χ2n) is 6.99. The summed E-state index contributed by atoms with van der Waals surface area (Å²) < 4.78 is 5.41. The molecule has 0 saturated carbocycles. The number of hydrogen-bond acceptors (Lipinski definition) is 3. The zero-order valence-electron chi connectivity index (χ0n) is 16.2. The van der Waals surface area contributed by atoms with Gasteiger partial charge < -0.3 is 9.84 Å². The Labute approximate surface area is 166 Å². The molecule has 3 nitrogen and oxygen atoms in total. The van der Waals surface area contributed by atoms with E-state index in [0.717, 1.165) is 24.7 Å². The van der Waals surface area contributed by atoms with E-state index in [1.165, 1.54) is 16.7 Å². The van der Waals surface area contributed by atoms with E-state index in [2.05, 4.69) is 30.8 Å². The number of benzene rings is 2. The van der Waals surface area contributed by atoms with Crippen LogP contribution in [-0.2, 0) is 16.0 Å². The van der Waals surface area contributed by atoms with Crippen molar-refractivity contribution in [2.75, 3.05) is 6.61 Å². The van der Waals surface area contributed by atoms with Crippen LogP contribution >= 0.6 is 0 Å². The van der Waals surface area contributed by atoms with E-state index in [1.54, 1.807) is 6.07 Å². The summed E-state index contributed by atoms with van der Waals surface area (Å²) in [5, 5.41) is 9.90. The lowest BCUT2D eigenvalue weighted by atomic mass is 9.69. The second kappa shape index (κ2) is 9.23. The maximum absolute atomic E-state index is 10.6. The van der Waals surface area contributed by atoms with E-state index < -0.39 is 0 Å². The normalized spacial score (nSPS) is 19.2. The van der Waals surface area contributed by atoms with E-state index in [4.69, 9.17) is 4.74 Å². The Balaban J connectivity index is 1.95. The summed E-state index contributed by atoms with van der Waals surface area (Å²) in [6, 6.07) is 16.2. The number of hydrogen-bond donors (Lipinski definition) is 1. The van der Waals surface area contributed by atoms with E-state index >= 15 is 0 Å². The molecular weight excluding hydrogens is 348 g/mol. The first-order valence-corrected chi connectivity index (χ1v) is 9.60. The fraction of sp³-hybridized carbons (Fsp3) is 0.240. The van der Waals surface area contributed by atoms with Gasteiger partial charge in [0.1, 0.15) is 18.1 Å². The molecule has 28 heavy (non-hydrogen) atoms. The van der Waals surface area contributed by atoms with Crippen molar-refractivity contribution in [3.8, 4) is 5.75 Å². The van der Waals surface area contributed by atoms with Gasteiger partial charge in [-0.05, 0) is 72.2 Å². The van der Waals surface area contributed by atoms with Gasteiger partial charge in [0.15, 0.2) is 6.29 Å². The lowest BCUT2D eigenvalue weighted by Gasteiger charge is -2.35. The van der Waals surface area contributed by atoms with Gasteiger partial charge in [0.2, 0.25) is 0 Å². The first-order valence-electron chi connectivity index (χ1n) is 9.60. The number of aromatic hydroxyl groups is 1. The topological polar surface area (TPSA) is 46.5 Å². The molecule has 1 N–H and O–H groups in total. The summed E-state index contributed by atoms with van der Waals surface area (Å²) in [7, 11) is 0. The van der Waals surface area contributed by atoms with Crippen molar-refractivity contribution in [2.45, 2.75) is 31.6 Å². The van der Waals surface area contributed by atoms with Crippen LogP contribution in [0.25, 0.3) is 0 Å². The zero-order chi connectivity index (χ0) is 19.9. The van der Waals surface area contributed by atoms with Gasteiger partial charge in [0.05, 0.1) is 0 Å². The summed E-state index contributed by atoms with van der Waals surface area (Å²) in [4.78, 5) is 10.6. The number of phenols is 1. The lowest BCUT2D eigenvalue weighted by molar-refractivity contribution is -0.110. The Hall–Kier alpha value is -3.07. The smallest absolute Gasteiger partial charge is 0.157 e. The van der Waals surface area contributed by atoms with Gasteiger partial charge >= 0.3 is 0 Å². The average Bonchev–Trinajstić information content (AvgIpc) is 2.73. The van der Waals surface area contributed by atoms with Gasteiger partial charge in [-0.15, -0.1) is 0 Å². The molecule has 144 valence electrons. The van der Waals surface area contributed by atoms with Crippen molar-refractivity contribution in [1.29, 1.82) is 0 Å². The molecule has 0 radical (unpaired) electrons. The molecule has 0 bridgehead atoms. The molecule has 2 aromatic carbocycles. The van der Waals surface area contributed by atoms with Gasteiger partial charge in [0.25, 0.3) is 0 Å². The number of allylic oxidation sites excluding steroid dienone is 4. The number of phenolic OH excluding ortho intramolecular Hbond substituents is 1. The summed E-state index contributed by atoms with van der Waals surface area (Å²) >= 11 is 0. The van der Waals surface area contributed by atoms with Crippen LogP contribution in [0.3, 0.4) is 0 Å². The molecule has 0 saturated heterocycles. The standard InChI is InChI=1S/C25H26O3/c1-3-22(28-16-15-26)12-9-18(2)25-23(19-7-5-4-6-8-19)13-10-20-17-21(27)11-14-24(20)25/h3-9,11-12,14-15,17,23,25,27H,2,10,13,16H2,1H3/b12-9-,22-3+/t23-,25+/m1/s1. The van der Waals surface area contributed by atoms with Crippen LogP contribution in [0, 0.1) is 0 Å². The third-order valence-corrected chi connectivity index (χ3v) is 5.28. The SMILES string of the molecule is C=C(/C=C\C(=C/C)OCC=O)[C@@H]1c2ccc(O)cc2CC[C@@H]1c1ccccc1. The zero-order valence-corrected chi connectivity index (χ0v) is 16.2. The molecule has 0 unspecified atom stereocenters. The maximum Gasteiger partial charge on any atom is 0.157 e. The van der Waals surface area contributed by atoms with Crippen LogP contribution in [-0.4, -0.2) is 18.0 Å². The lowest BCUT2D eigenvalue weighted by Crippen LogP contribution is -2.20. The van der Waals surface area contributed by atoms with Crippen LogP contribution in [0.5, 0.6) is 5.75 Å². The molecule has 1 aliphatic rings. The first kappa shape index (κ1) is 19.7. The maximum atomic E-state index is 10.6. The van der Waals surface area contributed by atoms with Crippen molar-refractivity contribution in [2.24, 2.45) is 0 Å². The first-order chi connectivity index (χ1) is 13.6. The highest BCUT2D eigenvalue weighted by atomic mass is 16.5. The Morgan fingerprint density at radius 2 is 2.00 bits per heavy atom. The third kappa shape index (κ3) is 4.42. The number of rotatable bonds is 7. The Kier molecular flexibility index (Phi) is 6.49. The van der Waals surface area contributed by atoms with Crippen LogP contribution in [0.2, 0.25) is 0 Å². The van der Waals surface area contributed by atoms with Gasteiger partial charge in [0, 0.05) is 5.92 Å². The van der Waals surface area contributed by atoms with Crippen LogP contribution < -0.4 is 0 Å². The fourth-order valence-electron chi connectivity index (χ4n) is 3.97. The number of ether oxygens (including phenoxy) is 1. The fourth-order valence-corrected chi connectivity index (χ4v) is 3.97. The quantitative estimate of drug-likeness (QED) is 0.399. The molecule has 3 heteroatoms. The van der Waals surface area contributed by atoms with Gasteiger partial charge in [-0.3, -0.25) is 4.79 Å². The van der Waals surface area contributed by atoms with Crippen molar-refractivity contribution in [3.63, 3.8) is 0 Å². The highest BCUT2D eigenvalue weighted by molar-refractivity contribution is 5.51. The molecule has 2 atom stereocenters. The minimum atomic E-state index is 0.0364. The summed E-state index contributed by atoms with van der Waals surface area (Å²) in [6.45, 7) is 6.27. The van der Waals surface area contributed by atoms with Crippen molar-refractivity contribution in [1.82, 2.24) is 0 Å². The van der Waals surface area contributed by atoms with Crippen molar-refractivity contribution < 1.29 is 14.6 Å². The van der Waals surface area contributed by atoms with E-state index in [-0.39, 0.29) is 12.5 Å². The molecule has 2 aromatic rings. The highest BCUT2D eigenvalue weighted by Gasteiger charge is 2.31. The predicted molar refractivity (Wildman–Crippen MR) is 112 cm³/mol. The van der Waals surface area contributed by atoms with E-state index in [9.17, 15) is 9.90 Å². The molecule has 0 aliphatic heterocycles. The third-order valence-electron chi connectivity index (χ3n) is 5.28. The number of aryl methyl sites for hydroxylation is 1. The largest absolute Gasteiger partial charge is 0.508 e. The van der Waals surface area contributed by atoms with Gasteiger partial charge in [-0.1, -0.05) is 49.1 Å². The molecule has 0 heterocycles. The minimum absolute atomic E-state index is 0.0364. The van der Waals surface area contributed by atoms with Crippen molar-refractivity contribution >= 4 is 6.29 Å². The summed E-state index contributed by atoms with van der Waals surface area (Å²) in [5.74, 6) is 1.38. The Bertz CT molecular complexity index is 893. The molecule has 1 aliphatic carbocycles. The molecule has 0 aromatic heterocycles. The minimum Gasteiger partial charge on any atom is -0.508 e. The van der Waals surface area contributed by atoms with Crippen molar-refractivity contribution in [3.05, 3.63) is 101 Å². The molecular formula is C25H26O3. The number of fused-ring (bicyclic) bond motifs is 1. The van der Waals surface area contributed by atoms with Gasteiger partial charge in [-0.2, -0.15) is 0 Å². The monoisotopic (exact) mass is 374 g/mol. The predicted octanol–water partition coefficient (Wildman–Crippen LogP) is 5.44. The highest BCUT2D eigenvalue weighted by Crippen LogP contribution is 2.47. The average molecular weight is 374 g/mol. The Morgan fingerprint density at radius 3 is 2.71 bits per heavy atom. The van der Waals surface area contributed by atoms with Crippen LogP contribution in [0.15, 0.2) is 84.7 Å². The number of carbonyl (C=O) groups excluding carboxylic acids is 1. The second-order valence-corrected chi connectivity index (χ2v) is 6.99. The van der Waals surface area contributed by atoms with Crippen LogP contribution in [0.4, 0.5) is 0 Å². The molecule has 0 fully saturated rings. The summed E-state index contributed by atoms with van der Waals surface area (Å²) in [6.07, 6.45) is 8.33.